The molecule has 0 fully saturated rings. The molecule has 3 nitrogen and oxygen atoms in total. The molecule has 0 aromatic heterocycles. The molecule has 0 atom stereocenters. The first-order chi connectivity index (χ1) is 8.75. The van der Waals surface area contributed by atoms with Gasteiger partial charge in [-0.1, -0.05) is 19.9 Å². The summed E-state index contributed by atoms with van der Waals surface area (Å²) in [5.41, 5.74) is 5.62. The van der Waals surface area contributed by atoms with Crippen molar-refractivity contribution in [2.24, 2.45) is 11.1 Å². The quantitative estimate of drug-likeness (QED) is 0.908. The van der Waals surface area contributed by atoms with Gasteiger partial charge in [0.25, 0.3) is 0 Å². The minimum atomic E-state index is -0.695. The van der Waals surface area contributed by atoms with Gasteiger partial charge in [0.15, 0.2) is 0 Å². The normalized spacial score (nSPS) is 10.9. The fourth-order valence-electron chi connectivity index (χ4n) is 1.76. The molecule has 0 bridgehead atoms. The van der Waals surface area contributed by atoms with Gasteiger partial charge >= 0.3 is 0 Å². The van der Waals surface area contributed by atoms with E-state index < -0.39 is 11.6 Å². The molecule has 0 aliphatic rings. The number of amides is 1. The Hall–Kier alpha value is -1.20. The summed E-state index contributed by atoms with van der Waals surface area (Å²) in [5, 5.41) is 0. The van der Waals surface area contributed by atoms with Crippen LogP contribution in [0.15, 0.2) is 18.2 Å². The van der Waals surface area contributed by atoms with Crippen molar-refractivity contribution in [3.8, 4) is 0 Å². The fraction of sp³-hybridized carbons (Fsp3) is 0.500. The number of carbonyl (C=O) groups is 1. The summed E-state index contributed by atoms with van der Waals surface area (Å²) in [6.07, 6.45) is -0.0801. The number of nitrogens with zero attached hydrogens (tertiary/aromatic N) is 1. The van der Waals surface area contributed by atoms with Crippen molar-refractivity contribution in [1.82, 2.24) is 4.90 Å². The zero-order chi connectivity index (χ0) is 14.6. The van der Waals surface area contributed by atoms with Gasteiger partial charge in [0, 0.05) is 19.7 Å². The Labute approximate surface area is 124 Å². The molecule has 0 radical (unpaired) electrons. The molecule has 1 amide bonds. The van der Waals surface area contributed by atoms with E-state index in [2.05, 4.69) is 0 Å². The summed E-state index contributed by atoms with van der Waals surface area (Å²) in [6.45, 7) is 4.85. The van der Waals surface area contributed by atoms with Crippen LogP contribution in [0.3, 0.4) is 0 Å². The molecule has 2 N–H and O–H groups in total. The summed E-state index contributed by atoms with van der Waals surface area (Å²) in [5.74, 6) is -1.56. The molecule has 1 aromatic carbocycles. The molecule has 1 aromatic rings. The van der Waals surface area contributed by atoms with E-state index in [1.165, 1.54) is 11.0 Å². The summed E-state index contributed by atoms with van der Waals surface area (Å²) in [4.78, 5) is 13.5. The highest BCUT2D eigenvalue weighted by Gasteiger charge is 2.21. The lowest BCUT2D eigenvalue weighted by molar-refractivity contribution is -0.130. The maximum atomic E-state index is 13.4. The first-order valence-electron chi connectivity index (χ1n) is 6.13. The van der Waals surface area contributed by atoms with Gasteiger partial charge in [0.1, 0.15) is 11.6 Å². The largest absolute Gasteiger partial charge is 0.345 e. The van der Waals surface area contributed by atoms with Gasteiger partial charge in [-0.2, -0.15) is 0 Å². The van der Waals surface area contributed by atoms with Gasteiger partial charge in [-0.15, -0.1) is 12.4 Å². The number of hydrogen-bond acceptors (Lipinski definition) is 2. The van der Waals surface area contributed by atoms with Gasteiger partial charge in [-0.05, 0) is 23.6 Å². The van der Waals surface area contributed by atoms with Crippen LogP contribution in [-0.4, -0.2) is 30.9 Å². The molecule has 0 saturated carbocycles. The predicted octanol–water partition coefficient (Wildman–Crippen LogP) is 2.37. The molecule has 0 heterocycles. The number of hydrogen-bond donors (Lipinski definition) is 1. The van der Waals surface area contributed by atoms with Crippen molar-refractivity contribution in [2.45, 2.75) is 20.3 Å². The lowest BCUT2D eigenvalue weighted by Gasteiger charge is -2.29. The second-order valence-corrected chi connectivity index (χ2v) is 5.53. The Morgan fingerprint density at radius 3 is 2.45 bits per heavy atom. The van der Waals surface area contributed by atoms with Crippen molar-refractivity contribution in [3.63, 3.8) is 0 Å². The van der Waals surface area contributed by atoms with Gasteiger partial charge < -0.3 is 10.6 Å². The second-order valence-electron chi connectivity index (χ2n) is 5.53. The SMILES string of the molecule is CN(CC(C)(C)CN)C(=O)Cc1ccc(F)cc1F.Cl. The van der Waals surface area contributed by atoms with Crippen LogP contribution in [-0.2, 0) is 11.2 Å². The third-order valence-electron chi connectivity index (χ3n) is 3.00. The summed E-state index contributed by atoms with van der Waals surface area (Å²) in [7, 11) is 1.65. The van der Waals surface area contributed by atoms with Crippen molar-refractivity contribution in [1.29, 1.82) is 0 Å². The van der Waals surface area contributed by atoms with E-state index in [-0.39, 0.29) is 35.7 Å². The number of benzene rings is 1. The molecule has 20 heavy (non-hydrogen) atoms. The maximum Gasteiger partial charge on any atom is 0.226 e. The van der Waals surface area contributed by atoms with E-state index >= 15 is 0 Å². The molecule has 0 aliphatic carbocycles. The molecule has 1 rings (SSSR count). The number of likely N-dealkylation sites (N-methyl/N-ethyl adjacent to an activating group) is 1. The monoisotopic (exact) mass is 306 g/mol. The average Bonchev–Trinajstić information content (AvgIpc) is 2.32. The Morgan fingerprint density at radius 1 is 1.35 bits per heavy atom. The molecular formula is C14H21ClF2N2O. The Morgan fingerprint density at radius 2 is 1.95 bits per heavy atom. The van der Waals surface area contributed by atoms with Crippen molar-refractivity contribution in [3.05, 3.63) is 35.4 Å². The standard InChI is InChI=1S/C14H20F2N2O.ClH/c1-14(2,8-17)9-18(3)13(19)6-10-4-5-11(15)7-12(10)16;/h4-5,7H,6,8-9,17H2,1-3H3;1H. The number of nitrogens with two attached hydrogens (primary N) is 1. The van der Waals surface area contributed by atoms with Crippen LogP contribution in [0.25, 0.3) is 0 Å². The van der Waals surface area contributed by atoms with Crippen LogP contribution < -0.4 is 5.73 Å². The third kappa shape index (κ3) is 5.43. The minimum absolute atomic E-state index is 0. The van der Waals surface area contributed by atoms with E-state index in [0.717, 1.165) is 12.1 Å². The van der Waals surface area contributed by atoms with E-state index in [1.807, 2.05) is 13.8 Å². The van der Waals surface area contributed by atoms with E-state index in [9.17, 15) is 13.6 Å². The van der Waals surface area contributed by atoms with Crippen LogP contribution in [0.2, 0.25) is 0 Å². The van der Waals surface area contributed by atoms with Gasteiger partial charge in [0.2, 0.25) is 5.91 Å². The summed E-state index contributed by atoms with van der Waals surface area (Å²) >= 11 is 0. The van der Waals surface area contributed by atoms with E-state index in [0.29, 0.717) is 13.1 Å². The Balaban J connectivity index is 0.00000361. The first kappa shape index (κ1) is 18.8. The van der Waals surface area contributed by atoms with Crippen molar-refractivity contribution >= 4 is 18.3 Å². The van der Waals surface area contributed by atoms with E-state index in [4.69, 9.17) is 5.73 Å². The maximum absolute atomic E-state index is 13.4. The third-order valence-corrected chi connectivity index (χ3v) is 3.00. The van der Waals surface area contributed by atoms with Crippen LogP contribution in [0.1, 0.15) is 19.4 Å². The summed E-state index contributed by atoms with van der Waals surface area (Å²) < 4.78 is 26.2. The fourth-order valence-corrected chi connectivity index (χ4v) is 1.76. The van der Waals surface area contributed by atoms with Gasteiger partial charge in [-0.3, -0.25) is 4.79 Å². The predicted molar refractivity (Wildman–Crippen MR) is 77.8 cm³/mol. The zero-order valence-electron chi connectivity index (χ0n) is 12.0. The first-order valence-corrected chi connectivity index (χ1v) is 6.13. The van der Waals surface area contributed by atoms with E-state index in [1.54, 1.807) is 7.05 Å². The smallest absolute Gasteiger partial charge is 0.226 e. The highest BCUT2D eigenvalue weighted by molar-refractivity contribution is 5.85. The lowest BCUT2D eigenvalue weighted by Crippen LogP contribution is -2.40. The molecule has 6 heteroatoms. The number of rotatable bonds is 5. The Bertz CT molecular complexity index is 466. The lowest BCUT2D eigenvalue weighted by atomic mass is 9.93. The minimum Gasteiger partial charge on any atom is -0.345 e. The van der Waals surface area contributed by atoms with Crippen LogP contribution in [0.5, 0.6) is 0 Å². The zero-order valence-corrected chi connectivity index (χ0v) is 12.8. The topological polar surface area (TPSA) is 46.3 Å². The average molecular weight is 307 g/mol. The van der Waals surface area contributed by atoms with Crippen molar-refractivity contribution in [2.75, 3.05) is 20.1 Å². The second kappa shape index (κ2) is 7.55. The summed E-state index contributed by atoms with van der Waals surface area (Å²) in [6, 6.07) is 3.23. The molecule has 0 spiro atoms. The molecule has 114 valence electrons. The molecule has 0 saturated heterocycles. The van der Waals surface area contributed by atoms with Gasteiger partial charge in [-0.25, -0.2) is 8.78 Å². The number of carbonyl (C=O) groups excluding carboxylic acids is 1. The Kier molecular flexibility index (Phi) is 7.09. The van der Waals surface area contributed by atoms with Crippen LogP contribution in [0, 0.1) is 17.0 Å². The molecule has 0 unspecified atom stereocenters. The van der Waals surface area contributed by atoms with Crippen LogP contribution in [0.4, 0.5) is 8.78 Å². The van der Waals surface area contributed by atoms with Gasteiger partial charge in [0.05, 0.1) is 6.42 Å². The number of halogens is 3. The van der Waals surface area contributed by atoms with Crippen molar-refractivity contribution < 1.29 is 13.6 Å². The van der Waals surface area contributed by atoms with Crippen LogP contribution >= 0.6 is 12.4 Å². The molecular weight excluding hydrogens is 286 g/mol. The highest BCUT2D eigenvalue weighted by Crippen LogP contribution is 2.16. The highest BCUT2D eigenvalue weighted by atomic mass is 35.5. The molecule has 0 aliphatic heterocycles.